The number of ether oxygens (including phenoxy) is 1. The third-order valence-corrected chi connectivity index (χ3v) is 7.04. The van der Waals surface area contributed by atoms with Gasteiger partial charge in [0.1, 0.15) is 5.75 Å². The van der Waals surface area contributed by atoms with Crippen LogP contribution in [0.25, 0.3) is 16.5 Å². The molecule has 1 aliphatic heterocycles. The standard InChI is InChI=1S/C28H28F3N3O2/c1-34(2)26-21-8-5-7-19(17-10-12-18(13-11-17)28(29,30)31)25(21)32-16-22(26)27(35)33-23-14-15-36-24-9-4-3-6-20(23)24/h3-10,16,18,23H,11-15H2,1-2H3,(H,33,35)/t18?,23-/m0/s1. The lowest BCUT2D eigenvalue weighted by Crippen LogP contribution is -2.33. The number of hydrogen-bond donors (Lipinski definition) is 1. The van der Waals surface area contributed by atoms with E-state index in [1.807, 2.05) is 61.5 Å². The molecular formula is C28H28F3N3O2. The third-order valence-electron chi connectivity index (χ3n) is 7.04. The Morgan fingerprint density at radius 2 is 1.92 bits per heavy atom. The van der Waals surface area contributed by atoms with Gasteiger partial charge in [-0.15, -0.1) is 0 Å². The van der Waals surface area contributed by atoms with Crippen molar-refractivity contribution in [2.45, 2.75) is 37.9 Å². The van der Waals surface area contributed by atoms with E-state index in [4.69, 9.17) is 4.74 Å². The molecule has 0 saturated carbocycles. The number of benzene rings is 2. The number of hydrogen-bond acceptors (Lipinski definition) is 4. The molecule has 2 heterocycles. The van der Waals surface area contributed by atoms with E-state index in [-0.39, 0.29) is 24.8 Å². The van der Waals surface area contributed by atoms with Crippen molar-refractivity contribution in [2.75, 3.05) is 25.6 Å². The van der Waals surface area contributed by atoms with Gasteiger partial charge in [-0.25, -0.2) is 0 Å². The molecule has 1 aliphatic carbocycles. The summed E-state index contributed by atoms with van der Waals surface area (Å²) >= 11 is 0. The van der Waals surface area contributed by atoms with Gasteiger partial charge in [0, 0.05) is 43.2 Å². The Balaban J connectivity index is 1.49. The summed E-state index contributed by atoms with van der Waals surface area (Å²) in [5.41, 5.74) is 4.50. The second-order valence-electron chi connectivity index (χ2n) is 9.56. The molecule has 0 saturated heterocycles. The molecule has 1 unspecified atom stereocenters. The van der Waals surface area contributed by atoms with E-state index >= 15 is 0 Å². The monoisotopic (exact) mass is 495 g/mol. The fourth-order valence-corrected chi connectivity index (χ4v) is 5.22. The van der Waals surface area contributed by atoms with Gasteiger partial charge in [0.25, 0.3) is 5.91 Å². The van der Waals surface area contributed by atoms with Crippen LogP contribution in [0.4, 0.5) is 18.9 Å². The number of carbonyl (C=O) groups excluding carboxylic acids is 1. The van der Waals surface area contributed by atoms with Gasteiger partial charge in [-0.3, -0.25) is 9.78 Å². The van der Waals surface area contributed by atoms with Crippen LogP contribution in [0.3, 0.4) is 0 Å². The average Bonchev–Trinajstić information content (AvgIpc) is 2.87. The van der Waals surface area contributed by atoms with Gasteiger partial charge in [-0.1, -0.05) is 42.5 Å². The molecule has 2 aliphatic rings. The molecular weight excluding hydrogens is 467 g/mol. The number of halogens is 3. The third kappa shape index (κ3) is 4.52. The highest BCUT2D eigenvalue weighted by atomic mass is 19.4. The van der Waals surface area contributed by atoms with Crippen molar-refractivity contribution in [3.63, 3.8) is 0 Å². The summed E-state index contributed by atoms with van der Waals surface area (Å²) in [7, 11) is 3.74. The van der Waals surface area contributed by atoms with Crippen molar-refractivity contribution in [3.05, 3.63) is 71.4 Å². The van der Waals surface area contributed by atoms with Crippen LogP contribution in [0, 0.1) is 5.92 Å². The summed E-state index contributed by atoms with van der Waals surface area (Å²) in [6, 6.07) is 13.2. The molecule has 0 fully saturated rings. The summed E-state index contributed by atoms with van der Waals surface area (Å²) in [5, 5.41) is 3.93. The van der Waals surface area contributed by atoms with Crippen LogP contribution in [-0.2, 0) is 0 Å². The minimum atomic E-state index is -4.18. The van der Waals surface area contributed by atoms with Crippen molar-refractivity contribution < 1.29 is 22.7 Å². The lowest BCUT2D eigenvalue weighted by Gasteiger charge is -2.28. The first-order valence-electron chi connectivity index (χ1n) is 12.1. The average molecular weight is 496 g/mol. The van der Waals surface area contributed by atoms with Crippen molar-refractivity contribution in [1.29, 1.82) is 0 Å². The molecule has 5 nitrogen and oxygen atoms in total. The summed E-state index contributed by atoms with van der Waals surface area (Å²) in [6.45, 7) is 0.520. The zero-order chi connectivity index (χ0) is 25.4. The van der Waals surface area contributed by atoms with E-state index in [1.54, 1.807) is 12.3 Å². The number of aromatic nitrogens is 1. The van der Waals surface area contributed by atoms with Crippen molar-refractivity contribution >= 4 is 28.1 Å². The number of alkyl halides is 3. The predicted octanol–water partition coefficient (Wildman–Crippen LogP) is 6.30. The molecule has 1 N–H and O–H groups in total. The normalized spacial score (nSPS) is 19.8. The molecule has 1 aromatic heterocycles. The van der Waals surface area contributed by atoms with E-state index in [0.29, 0.717) is 30.5 Å². The van der Waals surface area contributed by atoms with Crippen molar-refractivity contribution in [2.24, 2.45) is 5.92 Å². The zero-order valence-electron chi connectivity index (χ0n) is 20.2. The van der Waals surface area contributed by atoms with Gasteiger partial charge in [0.05, 0.1) is 35.3 Å². The number of pyridine rings is 1. The molecule has 0 bridgehead atoms. The highest BCUT2D eigenvalue weighted by Gasteiger charge is 2.40. The van der Waals surface area contributed by atoms with E-state index in [0.717, 1.165) is 33.5 Å². The Morgan fingerprint density at radius 1 is 1.11 bits per heavy atom. The molecule has 188 valence electrons. The number of carbonyl (C=O) groups is 1. The number of nitrogens with one attached hydrogen (secondary N) is 1. The van der Waals surface area contributed by atoms with Crippen LogP contribution in [0.5, 0.6) is 5.75 Å². The lowest BCUT2D eigenvalue weighted by atomic mass is 9.85. The van der Waals surface area contributed by atoms with Crippen LogP contribution in [0.15, 0.2) is 54.7 Å². The second-order valence-corrected chi connectivity index (χ2v) is 9.56. The Morgan fingerprint density at radius 3 is 2.64 bits per heavy atom. The minimum absolute atomic E-state index is 0.0250. The molecule has 2 aromatic carbocycles. The Hall–Kier alpha value is -3.55. The van der Waals surface area contributed by atoms with Gasteiger partial charge in [-0.05, 0) is 30.9 Å². The molecule has 2 atom stereocenters. The van der Waals surface area contributed by atoms with Crippen LogP contribution in [0.1, 0.15) is 53.2 Å². The fourth-order valence-electron chi connectivity index (χ4n) is 5.22. The predicted molar refractivity (Wildman–Crippen MR) is 134 cm³/mol. The number of anilines is 1. The first kappa shape index (κ1) is 24.2. The summed E-state index contributed by atoms with van der Waals surface area (Å²) in [4.78, 5) is 20.0. The minimum Gasteiger partial charge on any atom is -0.493 e. The SMILES string of the molecule is CN(C)c1c(C(=O)N[C@H]2CCOc3ccccc32)cnc2c(C3=CCC(C(F)(F)F)CC3)cccc12. The molecule has 0 radical (unpaired) electrons. The smallest absolute Gasteiger partial charge is 0.392 e. The van der Waals surface area contributed by atoms with E-state index in [2.05, 4.69) is 10.3 Å². The summed E-state index contributed by atoms with van der Waals surface area (Å²) in [6.07, 6.45) is 0.138. The zero-order valence-corrected chi connectivity index (χ0v) is 20.2. The van der Waals surface area contributed by atoms with Gasteiger partial charge >= 0.3 is 6.18 Å². The molecule has 36 heavy (non-hydrogen) atoms. The first-order chi connectivity index (χ1) is 17.2. The van der Waals surface area contributed by atoms with Crippen LogP contribution >= 0.6 is 0 Å². The molecule has 5 rings (SSSR count). The summed E-state index contributed by atoms with van der Waals surface area (Å²) in [5.74, 6) is -0.756. The molecule has 3 aromatic rings. The number of amides is 1. The maximum absolute atomic E-state index is 13.5. The topological polar surface area (TPSA) is 54.5 Å². The highest BCUT2D eigenvalue weighted by molar-refractivity contribution is 6.09. The highest BCUT2D eigenvalue weighted by Crippen LogP contribution is 2.41. The number of nitrogens with zero attached hydrogens (tertiary/aromatic N) is 2. The van der Waals surface area contributed by atoms with E-state index in [9.17, 15) is 18.0 Å². The molecule has 1 amide bonds. The van der Waals surface area contributed by atoms with Gasteiger partial charge in [0.2, 0.25) is 0 Å². The van der Waals surface area contributed by atoms with Gasteiger partial charge in [-0.2, -0.15) is 13.2 Å². The molecule has 0 spiro atoms. The molecule has 8 heteroatoms. The van der Waals surface area contributed by atoms with Crippen molar-refractivity contribution in [3.8, 4) is 5.75 Å². The van der Waals surface area contributed by atoms with Gasteiger partial charge < -0.3 is 15.0 Å². The van der Waals surface area contributed by atoms with Gasteiger partial charge in [0.15, 0.2) is 0 Å². The van der Waals surface area contributed by atoms with Crippen LogP contribution < -0.4 is 15.0 Å². The largest absolute Gasteiger partial charge is 0.493 e. The van der Waals surface area contributed by atoms with E-state index < -0.39 is 12.1 Å². The second kappa shape index (κ2) is 9.48. The summed E-state index contributed by atoms with van der Waals surface area (Å²) < 4.78 is 45.1. The van der Waals surface area contributed by atoms with E-state index in [1.165, 1.54) is 0 Å². The number of allylic oxidation sites excluding steroid dienone is 2. The maximum atomic E-state index is 13.5. The number of para-hydroxylation sites is 2. The van der Waals surface area contributed by atoms with Crippen molar-refractivity contribution in [1.82, 2.24) is 10.3 Å². The lowest BCUT2D eigenvalue weighted by molar-refractivity contribution is -0.175. The number of fused-ring (bicyclic) bond motifs is 2. The van der Waals surface area contributed by atoms with Crippen LogP contribution in [-0.4, -0.2) is 37.8 Å². The Labute approximate surface area is 208 Å². The number of rotatable bonds is 4. The maximum Gasteiger partial charge on any atom is 0.392 e. The Bertz CT molecular complexity index is 1330. The Kier molecular flexibility index (Phi) is 6.36. The quantitative estimate of drug-likeness (QED) is 0.462. The fraction of sp³-hybridized carbons (Fsp3) is 0.357. The van der Waals surface area contributed by atoms with Crippen LogP contribution in [0.2, 0.25) is 0 Å². The first-order valence-corrected chi connectivity index (χ1v) is 12.1.